The fourth-order valence-corrected chi connectivity index (χ4v) is 4.77. The van der Waals surface area contributed by atoms with Crippen molar-refractivity contribution >= 4 is 31.7 Å². The second-order valence-corrected chi connectivity index (χ2v) is 8.32. The molecule has 27 heavy (non-hydrogen) atoms. The van der Waals surface area contributed by atoms with Gasteiger partial charge < -0.3 is 4.57 Å². The van der Waals surface area contributed by atoms with Crippen molar-refractivity contribution in [3.63, 3.8) is 0 Å². The summed E-state index contributed by atoms with van der Waals surface area (Å²) in [5.41, 5.74) is 2.62. The Morgan fingerprint density at radius 3 is 2.11 bits per heavy atom. The van der Waals surface area contributed by atoms with Crippen molar-refractivity contribution in [1.82, 2.24) is 4.57 Å². The van der Waals surface area contributed by atoms with Gasteiger partial charge in [-0.15, -0.1) is 0 Å². The minimum atomic E-state index is -3.66. The lowest BCUT2D eigenvalue weighted by molar-refractivity contribution is 0.606. The number of rotatable bonds is 4. The van der Waals surface area contributed by atoms with Crippen LogP contribution in [0.5, 0.6) is 0 Å². The van der Waals surface area contributed by atoms with E-state index in [1.807, 2.05) is 78.5 Å². The van der Waals surface area contributed by atoms with Crippen LogP contribution in [0.4, 0.5) is 0 Å². The van der Waals surface area contributed by atoms with Crippen LogP contribution >= 0.6 is 0 Å². The Labute approximate surface area is 159 Å². The van der Waals surface area contributed by atoms with Gasteiger partial charge in [-0.2, -0.15) is 0 Å². The standard InChI is InChI=1S/C23H19NO2S/c1-24-17-19(21-14-8-9-15-22(21)24)16-23(18-10-4-2-5-11-18)27(25,26)20-12-6-3-7-13-20/h2-17H,1H3/b23-16-. The molecule has 0 amide bonds. The van der Waals surface area contributed by atoms with E-state index in [0.29, 0.717) is 15.4 Å². The van der Waals surface area contributed by atoms with Crippen LogP contribution in [-0.2, 0) is 16.9 Å². The Morgan fingerprint density at radius 1 is 0.815 bits per heavy atom. The van der Waals surface area contributed by atoms with E-state index in [9.17, 15) is 8.42 Å². The number of hydrogen-bond donors (Lipinski definition) is 0. The van der Waals surface area contributed by atoms with E-state index >= 15 is 0 Å². The third-order valence-electron chi connectivity index (χ3n) is 4.62. The molecule has 0 saturated heterocycles. The van der Waals surface area contributed by atoms with E-state index in [1.54, 1.807) is 30.3 Å². The summed E-state index contributed by atoms with van der Waals surface area (Å²) in [5.74, 6) is 0. The SMILES string of the molecule is Cn1cc(/C=C(/c2ccccc2)S(=O)(=O)c2ccccc2)c2ccccc21. The van der Waals surface area contributed by atoms with E-state index in [4.69, 9.17) is 0 Å². The molecular weight excluding hydrogens is 354 g/mol. The second kappa shape index (κ2) is 6.89. The molecule has 3 aromatic carbocycles. The number of fused-ring (bicyclic) bond motifs is 1. The number of para-hydroxylation sites is 1. The predicted molar refractivity (Wildman–Crippen MR) is 111 cm³/mol. The predicted octanol–water partition coefficient (Wildman–Crippen LogP) is 5.15. The van der Waals surface area contributed by atoms with Crippen LogP contribution in [0.15, 0.2) is 96.0 Å². The van der Waals surface area contributed by atoms with Gasteiger partial charge >= 0.3 is 0 Å². The average molecular weight is 373 g/mol. The molecule has 4 heteroatoms. The van der Waals surface area contributed by atoms with Crippen LogP contribution in [0, 0.1) is 0 Å². The third-order valence-corrected chi connectivity index (χ3v) is 6.44. The maximum absolute atomic E-state index is 13.4. The quantitative estimate of drug-likeness (QED) is 0.496. The molecule has 4 aromatic rings. The van der Waals surface area contributed by atoms with Gasteiger partial charge in [0.05, 0.1) is 9.80 Å². The van der Waals surface area contributed by atoms with Gasteiger partial charge in [0.2, 0.25) is 9.84 Å². The van der Waals surface area contributed by atoms with Gasteiger partial charge in [0.25, 0.3) is 0 Å². The summed E-state index contributed by atoms with van der Waals surface area (Å²) in [6.45, 7) is 0. The Balaban J connectivity index is 1.98. The van der Waals surface area contributed by atoms with E-state index in [0.717, 1.165) is 16.5 Å². The Kier molecular flexibility index (Phi) is 4.42. The molecule has 0 aliphatic carbocycles. The molecule has 0 radical (unpaired) electrons. The monoisotopic (exact) mass is 373 g/mol. The summed E-state index contributed by atoms with van der Waals surface area (Å²) in [7, 11) is -1.69. The normalized spacial score (nSPS) is 12.4. The first-order chi connectivity index (χ1) is 13.1. The highest BCUT2D eigenvalue weighted by Crippen LogP contribution is 2.32. The molecular formula is C23H19NO2S. The molecule has 0 atom stereocenters. The smallest absolute Gasteiger partial charge is 0.207 e. The largest absolute Gasteiger partial charge is 0.350 e. The first kappa shape index (κ1) is 17.3. The highest BCUT2D eigenvalue weighted by molar-refractivity contribution is 8.00. The van der Waals surface area contributed by atoms with Crippen molar-refractivity contribution in [3.8, 4) is 0 Å². The lowest BCUT2D eigenvalue weighted by Gasteiger charge is -2.10. The zero-order chi connectivity index (χ0) is 18.9. The number of benzene rings is 3. The fourth-order valence-electron chi connectivity index (χ4n) is 3.27. The van der Waals surface area contributed by atoms with Gasteiger partial charge in [0.1, 0.15) is 0 Å². The number of sulfone groups is 1. The second-order valence-electron chi connectivity index (χ2n) is 6.40. The van der Waals surface area contributed by atoms with Crippen LogP contribution in [0.2, 0.25) is 0 Å². The van der Waals surface area contributed by atoms with Gasteiger partial charge in [-0.25, -0.2) is 8.42 Å². The van der Waals surface area contributed by atoms with Crippen molar-refractivity contribution in [3.05, 3.63) is 102 Å². The van der Waals surface area contributed by atoms with Crippen molar-refractivity contribution in [2.75, 3.05) is 0 Å². The van der Waals surface area contributed by atoms with Crippen LogP contribution in [0.25, 0.3) is 21.9 Å². The molecule has 1 heterocycles. The zero-order valence-corrected chi connectivity index (χ0v) is 15.7. The molecule has 0 fully saturated rings. The highest BCUT2D eigenvalue weighted by atomic mass is 32.2. The first-order valence-electron chi connectivity index (χ1n) is 8.69. The van der Waals surface area contributed by atoms with E-state index in [-0.39, 0.29) is 0 Å². The molecule has 0 aliphatic heterocycles. The van der Waals surface area contributed by atoms with Gasteiger partial charge in [-0.3, -0.25) is 0 Å². The molecule has 0 bridgehead atoms. The van der Waals surface area contributed by atoms with Gasteiger partial charge in [-0.1, -0.05) is 66.7 Å². The molecule has 134 valence electrons. The number of nitrogens with zero attached hydrogens (tertiary/aromatic N) is 1. The Bertz CT molecular complexity index is 1220. The lowest BCUT2D eigenvalue weighted by Crippen LogP contribution is -2.04. The minimum absolute atomic E-state index is 0.292. The Hall–Kier alpha value is -3.11. The van der Waals surface area contributed by atoms with Crippen molar-refractivity contribution < 1.29 is 8.42 Å². The Morgan fingerprint density at radius 2 is 1.41 bits per heavy atom. The molecule has 0 unspecified atom stereocenters. The summed E-state index contributed by atoms with van der Waals surface area (Å²) in [6.07, 6.45) is 3.74. The minimum Gasteiger partial charge on any atom is -0.350 e. The van der Waals surface area contributed by atoms with Crippen molar-refractivity contribution in [1.29, 1.82) is 0 Å². The molecule has 0 N–H and O–H groups in total. The average Bonchev–Trinajstić information content (AvgIpc) is 3.03. The van der Waals surface area contributed by atoms with E-state index in [1.165, 1.54) is 0 Å². The summed E-state index contributed by atoms with van der Waals surface area (Å²) >= 11 is 0. The van der Waals surface area contributed by atoms with Gasteiger partial charge in [-0.05, 0) is 29.8 Å². The highest BCUT2D eigenvalue weighted by Gasteiger charge is 2.22. The van der Waals surface area contributed by atoms with Crippen LogP contribution in [0.3, 0.4) is 0 Å². The maximum atomic E-state index is 13.4. The van der Waals surface area contributed by atoms with Gasteiger partial charge in [0, 0.05) is 29.7 Å². The van der Waals surface area contributed by atoms with Crippen LogP contribution in [-0.4, -0.2) is 13.0 Å². The topological polar surface area (TPSA) is 39.1 Å². The molecule has 3 nitrogen and oxygen atoms in total. The zero-order valence-electron chi connectivity index (χ0n) is 14.9. The van der Waals surface area contributed by atoms with Crippen LogP contribution < -0.4 is 0 Å². The molecule has 4 rings (SSSR count). The number of hydrogen-bond acceptors (Lipinski definition) is 2. The molecule has 1 aromatic heterocycles. The summed E-state index contributed by atoms with van der Waals surface area (Å²) in [5, 5.41) is 1.02. The number of aromatic nitrogens is 1. The lowest BCUT2D eigenvalue weighted by atomic mass is 10.1. The third kappa shape index (κ3) is 3.20. The summed E-state index contributed by atoms with van der Waals surface area (Å²) in [4.78, 5) is 0.589. The van der Waals surface area contributed by atoms with Crippen LogP contribution in [0.1, 0.15) is 11.1 Å². The molecule has 0 aliphatic rings. The number of aryl methyl sites for hydroxylation is 1. The first-order valence-corrected chi connectivity index (χ1v) is 10.2. The van der Waals surface area contributed by atoms with E-state index in [2.05, 4.69) is 0 Å². The maximum Gasteiger partial charge on any atom is 0.207 e. The summed E-state index contributed by atoms with van der Waals surface area (Å²) < 4.78 is 28.8. The van der Waals surface area contributed by atoms with Crippen molar-refractivity contribution in [2.24, 2.45) is 7.05 Å². The molecule has 0 spiro atoms. The fraction of sp³-hybridized carbons (Fsp3) is 0.0435. The van der Waals surface area contributed by atoms with Gasteiger partial charge in [0.15, 0.2) is 0 Å². The summed E-state index contributed by atoms with van der Waals surface area (Å²) in [6, 6.07) is 25.8. The van der Waals surface area contributed by atoms with E-state index < -0.39 is 9.84 Å². The van der Waals surface area contributed by atoms with Crippen molar-refractivity contribution in [2.45, 2.75) is 4.90 Å². The molecule has 0 saturated carbocycles.